The van der Waals surface area contributed by atoms with Crippen LogP contribution in [0.25, 0.3) is 0 Å². The van der Waals surface area contributed by atoms with Crippen LogP contribution in [0, 0.1) is 6.92 Å². The number of anilines is 1. The van der Waals surface area contributed by atoms with E-state index in [0.29, 0.717) is 24.3 Å². The Morgan fingerprint density at radius 1 is 1.42 bits per heavy atom. The zero-order valence-electron chi connectivity index (χ0n) is 10.6. The second kappa shape index (κ2) is 5.41. The molecule has 0 fully saturated rings. The van der Waals surface area contributed by atoms with Gasteiger partial charge in [0.15, 0.2) is 0 Å². The number of benzene rings is 1. The van der Waals surface area contributed by atoms with Gasteiger partial charge in [-0.3, -0.25) is 0 Å². The van der Waals surface area contributed by atoms with Gasteiger partial charge in [0, 0.05) is 31.2 Å². The molecular formula is C12H16N4O2S. The number of imidazole rings is 1. The van der Waals surface area contributed by atoms with E-state index in [1.807, 2.05) is 0 Å². The predicted molar refractivity (Wildman–Crippen MR) is 73.0 cm³/mol. The van der Waals surface area contributed by atoms with Gasteiger partial charge in [0.1, 0.15) is 0 Å². The molecule has 0 aliphatic carbocycles. The molecule has 1 aromatic carbocycles. The van der Waals surface area contributed by atoms with Gasteiger partial charge in [0.05, 0.1) is 11.2 Å². The molecule has 102 valence electrons. The molecule has 0 atom stereocenters. The Kier molecular flexibility index (Phi) is 3.87. The summed E-state index contributed by atoms with van der Waals surface area (Å²) < 4.78 is 28.6. The van der Waals surface area contributed by atoms with E-state index in [0.717, 1.165) is 0 Å². The van der Waals surface area contributed by atoms with Crippen molar-refractivity contribution in [1.82, 2.24) is 14.3 Å². The highest BCUT2D eigenvalue weighted by molar-refractivity contribution is 7.89. The minimum Gasteiger partial charge on any atom is -0.398 e. The van der Waals surface area contributed by atoms with Crippen molar-refractivity contribution >= 4 is 15.7 Å². The van der Waals surface area contributed by atoms with Gasteiger partial charge >= 0.3 is 0 Å². The Morgan fingerprint density at radius 3 is 2.89 bits per heavy atom. The molecule has 0 spiro atoms. The highest BCUT2D eigenvalue weighted by Crippen LogP contribution is 2.19. The van der Waals surface area contributed by atoms with Crippen LogP contribution < -0.4 is 10.5 Å². The fourth-order valence-electron chi connectivity index (χ4n) is 1.73. The summed E-state index contributed by atoms with van der Waals surface area (Å²) in [5.41, 5.74) is 6.76. The molecule has 0 radical (unpaired) electrons. The average molecular weight is 280 g/mol. The summed E-state index contributed by atoms with van der Waals surface area (Å²) in [7, 11) is -3.53. The van der Waals surface area contributed by atoms with E-state index in [1.165, 1.54) is 0 Å². The molecule has 19 heavy (non-hydrogen) atoms. The Labute approximate surface area is 112 Å². The molecule has 2 aromatic rings. The first kappa shape index (κ1) is 13.6. The smallest absolute Gasteiger partial charge is 0.240 e. The number of nitrogens with one attached hydrogen (secondary N) is 1. The van der Waals surface area contributed by atoms with Crippen molar-refractivity contribution in [3.63, 3.8) is 0 Å². The van der Waals surface area contributed by atoms with Crippen LogP contribution in [-0.4, -0.2) is 24.5 Å². The molecule has 0 aliphatic heterocycles. The summed E-state index contributed by atoms with van der Waals surface area (Å²) >= 11 is 0. The van der Waals surface area contributed by atoms with Crippen LogP contribution in [0.1, 0.15) is 5.56 Å². The molecule has 0 aliphatic rings. The Morgan fingerprint density at radius 2 is 2.21 bits per heavy atom. The number of hydrogen-bond acceptors (Lipinski definition) is 4. The highest BCUT2D eigenvalue weighted by Gasteiger charge is 2.16. The lowest BCUT2D eigenvalue weighted by atomic mass is 10.2. The zero-order valence-corrected chi connectivity index (χ0v) is 11.4. The maximum Gasteiger partial charge on any atom is 0.240 e. The van der Waals surface area contributed by atoms with E-state index in [1.54, 1.807) is 48.4 Å². The first-order chi connectivity index (χ1) is 9.00. The molecule has 1 heterocycles. The number of hydrogen-bond donors (Lipinski definition) is 2. The molecule has 2 rings (SSSR count). The summed E-state index contributed by atoms with van der Waals surface area (Å²) in [6.07, 6.45) is 5.07. The van der Waals surface area contributed by atoms with Crippen LogP contribution in [0.3, 0.4) is 0 Å². The number of nitrogen functional groups attached to an aromatic ring is 1. The van der Waals surface area contributed by atoms with Gasteiger partial charge in [-0.2, -0.15) is 0 Å². The molecular weight excluding hydrogens is 264 g/mol. The topological polar surface area (TPSA) is 90.0 Å². The van der Waals surface area contributed by atoms with E-state index < -0.39 is 10.0 Å². The maximum absolute atomic E-state index is 12.1. The maximum atomic E-state index is 12.1. The van der Waals surface area contributed by atoms with Crippen LogP contribution in [0.15, 0.2) is 41.8 Å². The van der Waals surface area contributed by atoms with Gasteiger partial charge < -0.3 is 10.3 Å². The Bertz CT molecular complexity index is 650. The average Bonchev–Trinajstić information content (AvgIpc) is 2.85. The van der Waals surface area contributed by atoms with E-state index in [-0.39, 0.29) is 4.90 Å². The van der Waals surface area contributed by atoms with Crippen LogP contribution in [0.5, 0.6) is 0 Å². The fourth-order valence-corrected chi connectivity index (χ4v) is 3.02. The lowest BCUT2D eigenvalue weighted by Gasteiger charge is -2.10. The second-order valence-corrected chi connectivity index (χ2v) is 5.90. The summed E-state index contributed by atoms with van der Waals surface area (Å²) in [6, 6.07) is 4.86. The number of nitrogens with zero attached hydrogens (tertiary/aromatic N) is 2. The highest BCUT2D eigenvalue weighted by atomic mass is 32.2. The Hall–Kier alpha value is -1.86. The third kappa shape index (κ3) is 3.12. The molecule has 0 amide bonds. The van der Waals surface area contributed by atoms with E-state index in [4.69, 9.17) is 5.73 Å². The van der Waals surface area contributed by atoms with E-state index in [9.17, 15) is 8.42 Å². The quantitative estimate of drug-likeness (QED) is 0.791. The molecule has 0 saturated heterocycles. The number of aromatic nitrogens is 2. The fraction of sp³-hybridized carbons (Fsp3) is 0.250. The van der Waals surface area contributed by atoms with Crippen LogP contribution in [0.4, 0.5) is 5.69 Å². The first-order valence-corrected chi connectivity index (χ1v) is 7.29. The Balaban J connectivity index is 2.08. The van der Waals surface area contributed by atoms with Crippen molar-refractivity contribution in [2.75, 3.05) is 12.3 Å². The van der Waals surface area contributed by atoms with Crippen LogP contribution in [-0.2, 0) is 16.6 Å². The minimum absolute atomic E-state index is 0.220. The minimum atomic E-state index is -3.53. The number of nitrogens with two attached hydrogens (primary N) is 1. The van der Waals surface area contributed by atoms with Crippen molar-refractivity contribution < 1.29 is 8.42 Å². The predicted octanol–water partition coefficient (Wildman–Crippen LogP) is 0.752. The van der Waals surface area contributed by atoms with Gasteiger partial charge in [0.25, 0.3) is 0 Å². The second-order valence-electron chi connectivity index (χ2n) is 4.17. The van der Waals surface area contributed by atoms with Crippen molar-refractivity contribution in [3.05, 3.63) is 42.5 Å². The van der Waals surface area contributed by atoms with Gasteiger partial charge in [0.2, 0.25) is 10.0 Å². The van der Waals surface area contributed by atoms with Crippen molar-refractivity contribution in [3.8, 4) is 0 Å². The van der Waals surface area contributed by atoms with Gasteiger partial charge in [-0.25, -0.2) is 18.1 Å². The molecule has 6 nitrogen and oxygen atoms in total. The monoisotopic (exact) mass is 280 g/mol. The van der Waals surface area contributed by atoms with Crippen molar-refractivity contribution in [2.45, 2.75) is 18.4 Å². The summed E-state index contributed by atoms with van der Waals surface area (Å²) in [5.74, 6) is 0. The van der Waals surface area contributed by atoms with Crippen LogP contribution in [0.2, 0.25) is 0 Å². The van der Waals surface area contributed by atoms with E-state index >= 15 is 0 Å². The van der Waals surface area contributed by atoms with Crippen LogP contribution >= 0.6 is 0 Å². The lowest BCUT2D eigenvalue weighted by Crippen LogP contribution is -2.28. The standard InChI is InChI=1S/C12H16N4O2S/c1-10-11(13)3-2-4-12(10)19(17,18)15-6-8-16-7-5-14-9-16/h2-5,7,9,15H,6,8,13H2,1H3. The third-order valence-corrected chi connectivity index (χ3v) is 4.44. The van der Waals surface area contributed by atoms with Crippen molar-refractivity contribution in [1.29, 1.82) is 0 Å². The number of rotatable bonds is 5. The lowest BCUT2D eigenvalue weighted by molar-refractivity contribution is 0.572. The molecule has 0 bridgehead atoms. The first-order valence-electron chi connectivity index (χ1n) is 5.81. The van der Waals surface area contributed by atoms with E-state index in [2.05, 4.69) is 9.71 Å². The number of sulfonamides is 1. The summed E-state index contributed by atoms with van der Waals surface area (Å²) in [5, 5.41) is 0. The third-order valence-electron chi connectivity index (χ3n) is 2.84. The van der Waals surface area contributed by atoms with Gasteiger partial charge in [-0.05, 0) is 24.6 Å². The molecule has 0 saturated carbocycles. The SMILES string of the molecule is Cc1c(N)cccc1S(=O)(=O)NCCn1ccnc1. The molecule has 3 N–H and O–H groups in total. The molecule has 1 aromatic heterocycles. The van der Waals surface area contributed by atoms with Crippen molar-refractivity contribution in [2.24, 2.45) is 0 Å². The summed E-state index contributed by atoms with van der Waals surface area (Å²) in [6.45, 7) is 2.52. The zero-order chi connectivity index (χ0) is 13.9. The molecule has 7 heteroatoms. The summed E-state index contributed by atoms with van der Waals surface area (Å²) in [4.78, 5) is 4.11. The van der Waals surface area contributed by atoms with Gasteiger partial charge in [-0.15, -0.1) is 0 Å². The normalized spacial score (nSPS) is 11.6. The van der Waals surface area contributed by atoms with Gasteiger partial charge in [-0.1, -0.05) is 6.07 Å². The molecule has 0 unspecified atom stereocenters. The largest absolute Gasteiger partial charge is 0.398 e.